The molecule has 1 fully saturated rings. The summed E-state index contributed by atoms with van der Waals surface area (Å²) in [4.78, 5) is 21.6. The van der Waals surface area contributed by atoms with Gasteiger partial charge in [-0.2, -0.15) is 9.61 Å². The van der Waals surface area contributed by atoms with Gasteiger partial charge < -0.3 is 19.4 Å². The fourth-order valence-corrected chi connectivity index (χ4v) is 3.94. The Morgan fingerprint density at radius 2 is 2.26 bits per heavy atom. The van der Waals surface area contributed by atoms with Crippen LogP contribution in [0.25, 0.3) is 27.9 Å². The van der Waals surface area contributed by atoms with Crippen molar-refractivity contribution in [3.63, 3.8) is 0 Å². The molecule has 2 atom stereocenters. The van der Waals surface area contributed by atoms with Crippen molar-refractivity contribution in [2.24, 2.45) is 0 Å². The molecule has 160 valence electrons. The number of fused-ring (bicyclic) bond motifs is 2. The van der Waals surface area contributed by atoms with Gasteiger partial charge in [0.15, 0.2) is 5.65 Å². The molecule has 4 aromatic rings. The first-order chi connectivity index (χ1) is 15.1. The Kier molecular flexibility index (Phi) is 4.78. The standard InChI is InChI=1S/C21H21FN6O3/c1-3-31-21(29)13-8-25-28-18(23-2)7-16(26-20(13)28)14-9-27(17-11-30-10-15(17)22)19-12(14)5-4-6-24-19/h4-9,15,17,23H,3,10-11H2,1-2H3/t15-,17+/m1/s1. The molecule has 5 rings (SSSR count). The van der Waals surface area contributed by atoms with Crippen LogP contribution in [0.3, 0.4) is 0 Å². The van der Waals surface area contributed by atoms with E-state index in [4.69, 9.17) is 14.5 Å². The molecular weight excluding hydrogens is 403 g/mol. The molecule has 1 aliphatic rings. The summed E-state index contributed by atoms with van der Waals surface area (Å²) < 4.78 is 28.3. The average Bonchev–Trinajstić information content (AvgIpc) is 3.49. The lowest BCUT2D eigenvalue weighted by atomic mass is 10.1. The van der Waals surface area contributed by atoms with E-state index >= 15 is 0 Å². The van der Waals surface area contributed by atoms with E-state index in [1.165, 1.54) is 6.20 Å². The number of carbonyl (C=O) groups is 1. The molecule has 0 unspecified atom stereocenters. The topological polar surface area (TPSA) is 95.6 Å². The molecule has 0 amide bonds. The Morgan fingerprint density at radius 1 is 1.39 bits per heavy atom. The van der Waals surface area contributed by atoms with Crippen LogP contribution in [0.5, 0.6) is 0 Å². The fraction of sp³-hybridized carbons (Fsp3) is 0.333. The van der Waals surface area contributed by atoms with Gasteiger partial charge in [0, 0.05) is 36.5 Å². The third kappa shape index (κ3) is 3.10. The summed E-state index contributed by atoms with van der Waals surface area (Å²) in [5.41, 5.74) is 2.68. The fourth-order valence-electron chi connectivity index (χ4n) is 3.94. The number of nitrogens with zero attached hydrogens (tertiary/aromatic N) is 5. The highest BCUT2D eigenvalue weighted by Gasteiger charge is 2.31. The Labute approximate surface area is 176 Å². The smallest absolute Gasteiger partial charge is 0.343 e. The van der Waals surface area contributed by atoms with Crippen LogP contribution in [0, 0.1) is 0 Å². The second kappa shape index (κ2) is 7.62. The van der Waals surface area contributed by atoms with E-state index in [0.29, 0.717) is 22.8 Å². The first-order valence-electron chi connectivity index (χ1n) is 10.0. The van der Waals surface area contributed by atoms with Gasteiger partial charge >= 0.3 is 5.97 Å². The lowest BCUT2D eigenvalue weighted by Gasteiger charge is -2.13. The highest BCUT2D eigenvalue weighted by atomic mass is 19.1. The highest BCUT2D eigenvalue weighted by molar-refractivity contribution is 5.98. The summed E-state index contributed by atoms with van der Waals surface area (Å²) in [5, 5.41) is 8.19. The van der Waals surface area contributed by atoms with Crippen LogP contribution in [0.2, 0.25) is 0 Å². The van der Waals surface area contributed by atoms with E-state index in [-0.39, 0.29) is 25.4 Å². The number of halogens is 1. The predicted octanol–water partition coefficient (Wildman–Crippen LogP) is 2.87. The molecule has 1 aliphatic heterocycles. The number of anilines is 1. The molecule has 0 bridgehead atoms. The number of esters is 1. The summed E-state index contributed by atoms with van der Waals surface area (Å²) in [6.07, 6.45) is 3.86. The quantitative estimate of drug-likeness (QED) is 0.492. The first-order valence-corrected chi connectivity index (χ1v) is 10.0. The highest BCUT2D eigenvalue weighted by Crippen LogP contribution is 2.35. The number of alkyl halides is 1. The van der Waals surface area contributed by atoms with E-state index in [2.05, 4.69) is 15.4 Å². The zero-order valence-corrected chi connectivity index (χ0v) is 17.1. The number of ether oxygens (including phenoxy) is 2. The monoisotopic (exact) mass is 424 g/mol. The minimum atomic E-state index is -1.11. The van der Waals surface area contributed by atoms with Gasteiger partial charge in [-0.3, -0.25) is 0 Å². The van der Waals surface area contributed by atoms with Crippen LogP contribution in [-0.4, -0.2) is 63.2 Å². The van der Waals surface area contributed by atoms with Crippen molar-refractivity contribution >= 4 is 28.5 Å². The SMILES string of the molecule is CCOC(=O)c1cnn2c(NC)cc(-c3cn([C@H]4COC[C@H]4F)c4ncccc34)nc12. The zero-order chi connectivity index (χ0) is 21.5. The van der Waals surface area contributed by atoms with Crippen molar-refractivity contribution in [2.75, 3.05) is 32.2 Å². The number of rotatable bonds is 5. The van der Waals surface area contributed by atoms with E-state index in [0.717, 1.165) is 10.9 Å². The molecular formula is C21H21FN6O3. The van der Waals surface area contributed by atoms with E-state index in [1.54, 1.807) is 24.7 Å². The van der Waals surface area contributed by atoms with Gasteiger partial charge in [0.05, 0.1) is 37.8 Å². The van der Waals surface area contributed by atoms with Crippen LogP contribution in [0.4, 0.5) is 10.2 Å². The molecule has 10 heteroatoms. The van der Waals surface area contributed by atoms with E-state index < -0.39 is 18.2 Å². The van der Waals surface area contributed by atoms with Gasteiger partial charge in [-0.15, -0.1) is 0 Å². The molecule has 4 aromatic heterocycles. The largest absolute Gasteiger partial charge is 0.462 e. The second-order valence-corrected chi connectivity index (χ2v) is 7.24. The molecule has 1 saturated heterocycles. The van der Waals surface area contributed by atoms with E-state index in [9.17, 15) is 9.18 Å². The summed E-state index contributed by atoms with van der Waals surface area (Å²) in [6.45, 7) is 2.35. The molecule has 0 saturated carbocycles. The predicted molar refractivity (Wildman–Crippen MR) is 112 cm³/mol. The number of nitrogens with one attached hydrogen (secondary N) is 1. The maximum Gasteiger partial charge on any atom is 0.343 e. The van der Waals surface area contributed by atoms with E-state index in [1.807, 2.05) is 29.0 Å². The minimum Gasteiger partial charge on any atom is -0.462 e. The zero-order valence-electron chi connectivity index (χ0n) is 17.1. The number of hydrogen-bond acceptors (Lipinski definition) is 7. The molecule has 9 nitrogen and oxygen atoms in total. The van der Waals surface area contributed by atoms with Crippen LogP contribution in [0.1, 0.15) is 23.3 Å². The summed E-state index contributed by atoms with van der Waals surface area (Å²) >= 11 is 0. The number of aromatic nitrogens is 5. The second-order valence-electron chi connectivity index (χ2n) is 7.24. The van der Waals surface area contributed by atoms with Crippen LogP contribution in [0.15, 0.2) is 36.8 Å². The first kappa shape index (κ1) is 19.4. The van der Waals surface area contributed by atoms with Crippen molar-refractivity contribution in [2.45, 2.75) is 19.1 Å². The minimum absolute atomic E-state index is 0.0688. The van der Waals surface area contributed by atoms with Gasteiger partial charge in [-0.1, -0.05) is 0 Å². The average molecular weight is 424 g/mol. The van der Waals surface area contributed by atoms with Crippen molar-refractivity contribution in [1.82, 2.24) is 24.1 Å². The molecule has 0 aromatic carbocycles. The van der Waals surface area contributed by atoms with Gasteiger partial charge in [-0.25, -0.2) is 19.2 Å². The van der Waals surface area contributed by atoms with Crippen LogP contribution in [-0.2, 0) is 9.47 Å². The molecule has 0 aliphatic carbocycles. The lowest BCUT2D eigenvalue weighted by Crippen LogP contribution is -2.18. The number of pyridine rings is 1. The van der Waals surface area contributed by atoms with Gasteiger partial charge in [0.2, 0.25) is 0 Å². The number of hydrogen-bond donors (Lipinski definition) is 1. The third-order valence-corrected chi connectivity index (χ3v) is 5.43. The van der Waals surface area contributed by atoms with Gasteiger partial charge in [0.25, 0.3) is 0 Å². The summed E-state index contributed by atoms with van der Waals surface area (Å²) in [5.74, 6) is 0.157. The molecule has 1 N–H and O–H groups in total. The van der Waals surface area contributed by atoms with Gasteiger partial charge in [-0.05, 0) is 19.1 Å². The molecule has 0 spiro atoms. The number of carbonyl (C=O) groups excluding carboxylic acids is 1. The molecule has 31 heavy (non-hydrogen) atoms. The van der Waals surface area contributed by atoms with Crippen molar-refractivity contribution in [3.05, 3.63) is 42.4 Å². The van der Waals surface area contributed by atoms with Gasteiger partial charge in [0.1, 0.15) is 23.2 Å². The van der Waals surface area contributed by atoms with Crippen molar-refractivity contribution in [3.8, 4) is 11.3 Å². The van der Waals surface area contributed by atoms with Crippen LogP contribution >= 0.6 is 0 Å². The maximum atomic E-state index is 14.5. The Hall–Kier alpha value is -3.53. The molecule has 0 radical (unpaired) electrons. The van der Waals surface area contributed by atoms with Crippen molar-refractivity contribution in [1.29, 1.82) is 0 Å². The maximum absolute atomic E-state index is 14.5. The normalized spacial score (nSPS) is 18.7. The van der Waals surface area contributed by atoms with Crippen LogP contribution < -0.4 is 5.32 Å². The summed E-state index contributed by atoms with van der Waals surface area (Å²) in [7, 11) is 1.76. The lowest BCUT2D eigenvalue weighted by molar-refractivity contribution is 0.0528. The third-order valence-electron chi connectivity index (χ3n) is 5.43. The summed E-state index contributed by atoms with van der Waals surface area (Å²) in [6, 6.07) is 5.13. The van der Waals surface area contributed by atoms with Crippen molar-refractivity contribution < 1.29 is 18.7 Å². The Balaban J connectivity index is 1.72. The Morgan fingerprint density at radius 3 is 3.00 bits per heavy atom. The molecule has 5 heterocycles. The Bertz CT molecular complexity index is 1280.